The summed E-state index contributed by atoms with van der Waals surface area (Å²) in [7, 11) is -0.414. The van der Waals surface area contributed by atoms with Crippen molar-refractivity contribution in [3.05, 3.63) is 115 Å². The molecule has 0 atom stereocenters. The Kier molecular flexibility index (Phi) is 6.42. The smallest absolute Gasteiger partial charge is 0.399 e. The quantitative estimate of drug-likeness (QED) is 0.231. The number of rotatable bonds is 5. The van der Waals surface area contributed by atoms with E-state index < -0.39 is 18.3 Å². The fourth-order valence-electron chi connectivity index (χ4n) is 4.85. The zero-order valence-corrected chi connectivity index (χ0v) is 22.8. The van der Waals surface area contributed by atoms with Gasteiger partial charge in [0.1, 0.15) is 0 Å². The molecule has 2 heterocycles. The van der Waals surface area contributed by atoms with Gasteiger partial charge in [0, 0.05) is 22.3 Å². The fourth-order valence-corrected chi connectivity index (χ4v) is 4.85. The van der Waals surface area contributed by atoms with Gasteiger partial charge in [-0.1, -0.05) is 115 Å². The van der Waals surface area contributed by atoms with Crippen LogP contribution in [0.1, 0.15) is 27.7 Å². The summed E-state index contributed by atoms with van der Waals surface area (Å²) < 4.78 is 12.6. The summed E-state index contributed by atoms with van der Waals surface area (Å²) >= 11 is 0. The van der Waals surface area contributed by atoms with E-state index in [0.29, 0.717) is 5.82 Å². The molecule has 0 unspecified atom stereocenters. The van der Waals surface area contributed by atoms with Crippen LogP contribution in [0.4, 0.5) is 0 Å². The molecule has 0 spiro atoms. The first-order valence-corrected chi connectivity index (χ1v) is 13.4. The molecule has 6 rings (SSSR count). The second-order valence-electron chi connectivity index (χ2n) is 10.9. The number of aromatic nitrogens is 2. The summed E-state index contributed by atoms with van der Waals surface area (Å²) in [6.45, 7) is 8.30. The molecule has 39 heavy (non-hydrogen) atoms. The van der Waals surface area contributed by atoms with Crippen LogP contribution in [0.2, 0.25) is 0 Å². The first-order valence-electron chi connectivity index (χ1n) is 13.4. The molecular weight excluding hydrogens is 479 g/mol. The predicted molar refractivity (Wildman–Crippen MR) is 159 cm³/mol. The van der Waals surface area contributed by atoms with Crippen LogP contribution in [0, 0.1) is 0 Å². The van der Waals surface area contributed by atoms with Crippen molar-refractivity contribution in [3.8, 4) is 45.0 Å². The maximum absolute atomic E-state index is 6.29. The molecule has 0 bridgehead atoms. The van der Waals surface area contributed by atoms with Crippen molar-refractivity contribution in [1.29, 1.82) is 0 Å². The monoisotopic (exact) mass is 510 g/mol. The lowest BCUT2D eigenvalue weighted by atomic mass is 9.78. The van der Waals surface area contributed by atoms with Crippen molar-refractivity contribution in [3.63, 3.8) is 0 Å². The maximum Gasteiger partial charge on any atom is 0.494 e. The van der Waals surface area contributed by atoms with Gasteiger partial charge in [-0.25, -0.2) is 9.97 Å². The van der Waals surface area contributed by atoms with Gasteiger partial charge in [0.25, 0.3) is 0 Å². The number of nitrogens with zero attached hydrogens (tertiary/aromatic N) is 2. The van der Waals surface area contributed by atoms with Gasteiger partial charge in [0.15, 0.2) is 5.82 Å². The molecule has 192 valence electrons. The Morgan fingerprint density at radius 2 is 0.897 bits per heavy atom. The van der Waals surface area contributed by atoms with E-state index in [0.717, 1.165) is 44.7 Å². The molecule has 0 N–H and O–H groups in total. The first-order chi connectivity index (χ1) is 18.8. The molecule has 4 nitrogen and oxygen atoms in total. The molecular formula is C34H31BN2O2. The van der Waals surface area contributed by atoms with E-state index in [9.17, 15) is 0 Å². The molecule has 1 aliphatic rings. The van der Waals surface area contributed by atoms with Crippen molar-refractivity contribution in [2.45, 2.75) is 38.9 Å². The minimum atomic E-state index is -0.414. The molecule has 1 aromatic heterocycles. The van der Waals surface area contributed by atoms with Gasteiger partial charge in [0.2, 0.25) is 0 Å². The lowest BCUT2D eigenvalue weighted by Crippen LogP contribution is -2.41. The molecule has 4 aromatic carbocycles. The Morgan fingerprint density at radius 3 is 1.38 bits per heavy atom. The number of hydrogen-bond donors (Lipinski definition) is 0. The molecule has 1 aliphatic heterocycles. The molecule has 1 fully saturated rings. The minimum Gasteiger partial charge on any atom is -0.399 e. The Bertz CT molecular complexity index is 1570. The van der Waals surface area contributed by atoms with Crippen LogP contribution >= 0.6 is 0 Å². The van der Waals surface area contributed by atoms with Crippen LogP contribution in [0.25, 0.3) is 45.0 Å². The molecule has 1 saturated heterocycles. The largest absolute Gasteiger partial charge is 0.494 e. The van der Waals surface area contributed by atoms with Crippen LogP contribution in [0.5, 0.6) is 0 Å². The highest BCUT2D eigenvalue weighted by atomic mass is 16.7. The highest BCUT2D eigenvalue weighted by molar-refractivity contribution is 6.62. The highest BCUT2D eigenvalue weighted by Crippen LogP contribution is 2.40. The number of hydrogen-bond acceptors (Lipinski definition) is 4. The van der Waals surface area contributed by atoms with Crippen molar-refractivity contribution in [1.82, 2.24) is 9.97 Å². The van der Waals surface area contributed by atoms with E-state index in [4.69, 9.17) is 19.3 Å². The van der Waals surface area contributed by atoms with Crippen LogP contribution in [0.3, 0.4) is 0 Å². The molecule has 0 radical (unpaired) electrons. The van der Waals surface area contributed by atoms with E-state index >= 15 is 0 Å². The normalized spacial score (nSPS) is 15.8. The van der Waals surface area contributed by atoms with Gasteiger partial charge in [-0.3, -0.25) is 0 Å². The van der Waals surface area contributed by atoms with Crippen LogP contribution < -0.4 is 5.46 Å². The predicted octanol–water partition coefficient (Wildman–Crippen LogP) is 7.44. The van der Waals surface area contributed by atoms with Crippen molar-refractivity contribution in [2.75, 3.05) is 0 Å². The highest BCUT2D eigenvalue weighted by Gasteiger charge is 2.51. The van der Waals surface area contributed by atoms with E-state index in [1.54, 1.807) is 0 Å². The standard InChI is InChI=1S/C34H31BN2O2/c1-33(2)34(3,4)39-35(38-33)28-22-20-26(21-23-28)31-29(24-14-8-5-9-15-24)30(25-16-10-6-11-17-25)36-32(37-31)27-18-12-7-13-19-27/h5-23H,1-4H3. The van der Waals surface area contributed by atoms with Crippen molar-refractivity contribution >= 4 is 12.6 Å². The van der Waals surface area contributed by atoms with Gasteiger partial charge in [-0.2, -0.15) is 0 Å². The van der Waals surface area contributed by atoms with E-state index in [1.807, 2.05) is 42.5 Å². The third-order valence-corrected chi connectivity index (χ3v) is 7.76. The third kappa shape index (κ3) is 4.80. The van der Waals surface area contributed by atoms with E-state index in [2.05, 4.69) is 100 Å². The lowest BCUT2D eigenvalue weighted by Gasteiger charge is -2.32. The SMILES string of the molecule is CC1(C)OB(c2ccc(-c3nc(-c4ccccc4)nc(-c4ccccc4)c3-c3ccccc3)cc2)OC1(C)C. The topological polar surface area (TPSA) is 44.2 Å². The Balaban J connectivity index is 1.53. The summed E-state index contributed by atoms with van der Waals surface area (Å²) in [5, 5.41) is 0. The van der Waals surface area contributed by atoms with Gasteiger partial charge in [-0.05, 0) is 38.7 Å². The average Bonchev–Trinajstić information content (AvgIpc) is 3.20. The van der Waals surface area contributed by atoms with Crippen LogP contribution in [0.15, 0.2) is 115 Å². The van der Waals surface area contributed by atoms with Crippen LogP contribution in [-0.4, -0.2) is 28.3 Å². The van der Waals surface area contributed by atoms with Gasteiger partial charge in [-0.15, -0.1) is 0 Å². The minimum absolute atomic E-state index is 0.390. The maximum atomic E-state index is 6.29. The summed E-state index contributed by atoms with van der Waals surface area (Å²) in [5.41, 5.74) is 7.10. The zero-order chi connectivity index (χ0) is 27.0. The Hall–Kier alpha value is -4.06. The molecule has 0 aliphatic carbocycles. The van der Waals surface area contributed by atoms with Crippen LogP contribution in [-0.2, 0) is 9.31 Å². The Morgan fingerprint density at radius 1 is 0.487 bits per heavy atom. The summed E-state index contributed by atoms with van der Waals surface area (Å²) in [4.78, 5) is 10.3. The second-order valence-corrected chi connectivity index (χ2v) is 10.9. The van der Waals surface area contributed by atoms with Gasteiger partial charge < -0.3 is 9.31 Å². The zero-order valence-electron chi connectivity index (χ0n) is 22.8. The number of benzene rings is 4. The molecule has 5 heteroatoms. The van der Waals surface area contributed by atoms with Gasteiger partial charge >= 0.3 is 7.12 Å². The van der Waals surface area contributed by atoms with Crippen molar-refractivity contribution < 1.29 is 9.31 Å². The third-order valence-electron chi connectivity index (χ3n) is 7.76. The fraction of sp³-hybridized carbons (Fsp3) is 0.176. The summed E-state index contributed by atoms with van der Waals surface area (Å²) in [6.07, 6.45) is 0. The average molecular weight is 510 g/mol. The van der Waals surface area contributed by atoms with E-state index in [-0.39, 0.29) is 0 Å². The summed E-state index contributed by atoms with van der Waals surface area (Å²) in [6, 6.07) is 39.3. The summed E-state index contributed by atoms with van der Waals surface area (Å²) in [5.74, 6) is 0.694. The first kappa shape index (κ1) is 25.2. The van der Waals surface area contributed by atoms with Crippen molar-refractivity contribution in [2.24, 2.45) is 0 Å². The molecule has 0 saturated carbocycles. The lowest BCUT2D eigenvalue weighted by molar-refractivity contribution is 0.00578. The molecule has 5 aromatic rings. The van der Waals surface area contributed by atoms with E-state index in [1.165, 1.54) is 0 Å². The Labute approximate surface area is 230 Å². The van der Waals surface area contributed by atoms with Gasteiger partial charge in [0.05, 0.1) is 22.6 Å². The molecule has 0 amide bonds. The second kappa shape index (κ2) is 9.92.